The predicted molar refractivity (Wildman–Crippen MR) is 111 cm³/mol. The number of halogens is 3. The van der Waals surface area contributed by atoms with Crippen LogP contribution in [-0.2, 0) is 0 Å². The van der Waals surface area contributed by atoms with Crippen molar-refractivity contribution >= 4 is 0 Å². The maximum atomic E-state index is 14.2. The molecule has 0 saturated heterocycles. The molecule has 2 nitrogen and oxygen atoms in total. The van der Waals surface area contributed by atoms with Crippen LogP contribution in [0, 0.1) is 35.2 Å². The van der Waals surface area contributed by atoms with Crippen molar-refractivity contribution < 1.29 is 23.0 Å². The second-order valence-electron chi connectivity index (χ2n) is 7.61. The van der Waals surface area contributed by atoms with Crippen molar-refractivity contribution in [3.63, 3.8) is 0 Å². The second-order valence-corrected chi connectivity index (χ2v) is 7.61. The Balaban J connectivity index is 1.63. The summed E-state index contributed by atoms with van der Waals surface area (Å²) in [5.74, 6) is 3.88. The van der Waals surface area contributed by atoms with E-state index in [2.05, 4.69) is 18.4 Å². The third kappa shape index (κ3) is 5.06. The molecule has 2 aromatic rings. The number of hydrogen-bond acceptors (Lipinski definition) is 2. The van der Waals surface area contributed by atoms with Gasteiger partial charge in [-0.2, -0.15) is 0 Å². The largest absolute Gasteiger partial charge is 0.486 e. The Morgan fingerprint density at radius 1 is 1.13 bits per heavy atom. The van der Waals surface area contributed by atoms with Crippen LogP contribution in [0.15, 0.2) is 43.0 Å². The fraction of sp³-hybridized carbons (Fsp3) is 0.360. The zero-order chi connectivity index (χ0) is 21.7. The average molecular weight is 414 g/mol. The second kappa shape index (κ2) is 9.86. The highest BCUT2D eigenvalue weighted by Gasteiger charge is 2.22. The summed E-state index contributed by atoms with van der Waals surface area (Å²) in [4.78, 5) is 0. The lowest BCUT2D eigenvalue weighted by molar-refractivity contribution is 0.192. The molecule has 1 N–H and O–H groups in total. The third-order valence-electron chi connectivity index (χ3n) is 5.48. The SMILES string of the molecule is C=CCOc1ccc(C2CCC(C#Cc3ccc(C(C)O)c(F)c3F)CC2)cc1F. The standard InChI is InChI=1S/C25H25F3O2/c1-3-14-30-23-13-11-20(15-22(23)26)18-7-4-17(5-8-18)6-9-19-10-12-21(16(2)29)25(28)24(19)27/h3,10-13,15-18,29H,1,4-5,7-8,14H2,2H3. The van der Waals surface area contributed by atoms with E-state index in [1.807, 2.05) is 6.07 Å². The van der Waals surface area contributed by atoms with Gasteiger partial charge in [0.1, 0.15) is 6.61 Å². The Labute approximate surface area is 175 Å². The van der Waals surface area contributed by atoms with Gasteiger partial charge < -0.3 is 9.84 Å². The van der Waals surface area contributed by atoms with Gasteiger partial charge in [-0.1, -0.05) is 36.6 Å². The maximum absolute atomic E-state index is 14.2. The molecule has 3 rings (SSSR count). The quantitative estimate of drug-likeness (QED) is 0.477. The van der Waals surface area contributed by atoms with Crippen molar-refractivity contribution in [3.05, 3.63) is 77.1 Å². The summed E-state index contributed by atoms with van der Waals surface area (Å²) < 4.78 is 47.6. The first-order chi connectivity index (χ1) is 14.4. The van der Waals surface area contributed by atoms with E-state index in [0.29, 0.717) is 0 Å². The first kappa shape index (κ1) is 22.0. The molecular weight excluding hydrogens is 389 g/mol. The van der Waals surface area contributed by atoms with Gasteiger partial charge in [-0.25, -0.2) is 13.2 Å². The zero-order valence-electron chi connectivity index (χ0n) is 16.9. The van der Waals surface area contributed by atoms with Crippen molar-refractivity contribution in [3.8, 4) is 17.6 Å². The molecule has 0 heterocycles. The van der Waals surface area contributed by atoms with Gasteiger partial charge in [-0.05, 0) is 62.3 Å². The molecule has 1 aliphatic carbocycles. The molecule has 1 unspecified atom stereocenters. The summed E-state index contributed by atoms with van der Waals surface area (Å²) >= 11 is 0. The molecular formula is C25H25F3O2. The molecule has 1 atom stereocenters. The summed E-state index contributed by atoms with van der Waals surface area (Å²) in [5.41, 5.74) is 0.856. The summed E-state index contributed by atoms with van der Waals surface area (Å²) in [5, 5.41) is 9.47. The van der Waals surface area contributed by atoms with Crippen LogP contribution in [0.1, 0.15) is 61.3 Å². The molecule has 5 heteroatoms. The van der Waals surface area contributed by atoms with Crippen LogP contribution in [0.25, 0.3) is 0 Å². The molecule has 0 radical (unpaired) electrons. The molecule has 1 fully saturated rings. The number of aliphatic hydroxyl groups is 1. The summed E-state index contributed by atoms with van der Waals surface area (Å²) in [7, 11) is 0. The monoisotopic (exact) mass is 414 g/mol. The lowest BCUT2D eigenvalue weighted by Crippen LogP contribution is -2.12. The lowest BCUT2D eigenvalue weighted by atomic mass is 9.79. The highest BCUT2D eigenvalue weighted by atomic mass is 19.2. The van der Waals surface area contributed by atoms with Crippen LogP contribution in [0.4, 0.5) is 13.2 Å². The Morgan fingerprint density at radius 3 is 2.50 bits per heavy atom. The van der Waals surface area contributed by atoms with Crippen LogP contribution < -0.4 is 4.74 Å². The van der Waals surface area contributed by atoms with Crippen LogP contribution in [0.5, 0.6) is 5.75 Å². The topological polar surface area (TPSA) is 29.5 Å². The smallest absolute Gasteiger partial charge is 0.174 e. The van der Waals surface area contributed by atoms with Gasteiger partial charge in [-0.15, -0.1) is 0 Å². The summed E-state index contributed by atoms with van der Waals surface area (Å²) in [6.07, 6.45) is 3.81. The van der Waals surface area contributed by atoms with Crippen LogP contribution >= 0.6 is 0 Å². The van der Waals surface area contributed by atoms with Gasteiger partial charge in [0.2, 0.25) is 0 Å². The molecule has 0 aliphatic heterocycles. The van der Waals surface area contributed by atoms with Gasteiger partial charge in [0.15, 0.2) is 23.2 Å². The molecule has 158 valence electrons. The Kier molecular flexibility index (Phi) is 7.23. The van der Waals surface area contributed by atoms with Crippen LogP contribution in [0.2, 0.25) is 0 Å². The van der Waals surface area contributed by atoms with Gasteiger partial charge >= 0.3 is 0 Å². The average Bonchev–Trinajstić information content (AvgIpc) is 2.74. The molecule has 0 spiro atoms. The summed E-state index contributed by atoms with van der Waals surface area (Å²) in [6, 6.07) is 7.82. The normalized spacial score (nSPS) is 19.5. The van der Waals surface area contributed by atoms with E-state index in [1.54, 1.807) is 12.1 Å². The Bertz CT molecular complexity index is 964. The van der Waals surface area contributed by atoms with E-state index in [0.717, 1.165) is 31.2 Å². The summed E-state index contributed by atoms with van der Waals surface area (Å²) in [6.45, 7) is 5.19. The maximum Gasteiger partial charge on any atom is 0.174 e. The van der Waals surface area contributed by atoms with Crippen molar-refractivity contribution in [1.29, 1.82) is 0 Å². The van der Waals surface area contributed by atoms with Gasteiger partial charge in [0.25, 0.3) is 0 Å². The van der Waals surface area contributed by atoms with Crippen molar-refractivity contribution in [2.75, 3.05) is 6.61 Å². The van der Waals surface area contributed by atoms with Gasteiger partial charge in [0, 0.05) is 11.5 Å². The van der Waals surface area contributed by atoms with Crippen LogP contribution in [0.3, 0.4) is 0 Å². The van der Waals surface area contributed by atoms with E-state index < -0.39 is 17.7 Å². The molecule has 2 aromatic carbocycles. The van der Waals surface area contributed by atoms with Crippen molar-refractivity contribution in [2.24, 2.45) is 5.92 Å². The van der Waals surface area contributed by atoms with Crippen LogP contribution in [-0.4, -0.2) is 11.7 Å². The molecule has 0 amide bonds. The van der Waals surface area contributed by atoms with E-state index in [4.69, 9.17) is 4.74 Å². The zero-order valence-corrected chi connectivity index (χ0v) is 16.9. The molecule has 1 saturated carbocycles. The molecule has 30 heavy (non-hydrogen) atoms. The number of hydrogen-bond donors (Lipinski definition) is 1. The number of ether oxygens (including phenoxy) is 1. The van der Waals surface area contributed by atoms with Crippen molar-refractivity contribution in [1.82, 2.24) is 0 Å². The van der Waals surface area contributed by atoms with E-state index in [9.17, 15) is 18.3 Å². The molecule has 0 aromatic heterocycles. The molecule has 0 bridgehead atoms. The highest BCUT2D eigenvalue weighted by molar-refractivity contribution is 5.39. The fourth-order valence-electron chi connectivity index (χ4n) is 3.77. The first-order valence-electron chi connectivity index (χ1n) is 10.1. The van der Waals surface area contributed by atoms with E-state index in [-0.39, 0.29) is 41.1 Å². The number of benzene rings is 2. The Hall–Kier alpha value is -2.71. The minimum absolute atomic E-state index is 0.00351. The minimum Gasteiger partial charge on any atom is -0.486 e. The Morgan fingerprint density at radius 2 is 1.87 bits per heavy atom. The first-order valence-corrected chi connectivity index (χ1v) is 10.1. The predicted octanol–water partition coefficient (Wildman–Crippen LogP) is 6.05. The van der Waals surface area contributed by atoms with E-state index in [1.165, 1.54) is 25.1 Å². The van der Waals surface area contributed by atoms with Crippen molar-refractivity contribution in [2.45, 2.75) is 44.6 Å². The van der Waals surface area contributed by atoms with Gasteiger partial charge in [0.05, 0.1) is 11.7 Å². The minimum atomic E-state index is -1.08. The van der Waals surface area contributed by atoms with Gasteiger partial charge in [-0.3, -0.25) is 0 Å². The molecule has 1 aliphatic rings. The number of rotatable bonds is 5. The fourth-order valence-corrected chi connectivity index (χ4v) is 3.77. The lowest BCUT2D eigenvalue weighted by Gasteiger charge is -2.26. The third-order valence-corrected chi connectivity index (χ3v) is 5.48. The highest BCUT2D eigenvalue weighted by Crippen LogP contribution is 2.37. The van der Waals surface area contributed by atoms with E-state index >= 15 is 0 Å². The number of aliphatic hydroxyl groups excluding tert-OH is 1.